The summed E-state index contributed by atoms with van der Waals surface area (Å²) >= 11 is 0. The van der Waals surface area contributed by atoms with Crippen molar-refractivity contribution in [1.29, 1.82) is 0 Å². The summed E-state index contributed by atoms with van der Waals surface area (Å²) in [5, 5.41) is 3.50. The zero-order valence-corrected chi connectivity index (χ0v) is 9.36. The van der Waals surface area contributed by atoms with Gasteiger partial charge in [0.2, 0.25) is 0 Å². The molecule has 2 rings (SSSR count). The molecule has 1 aromatic heterocycles. The number of aromatic nitrogens is 1. The number of pyridine rings is 1. The first kappa shape index (κ1) is 10.4. The highest BCUT2D eigenvalue weighted by molar-refractivity contribution is 5.43. The Morgan fingerprint density at radius 3 is 2.93 bits per heavy atom. The Morgan fingerprint density at radius 2 is 2.33 bits per heavy atom. The van der Waals surface area contributed by atoms with Gasteiger partial charge in [0.25, 0.3) is 0 Å². The zero-order chi connectivity index (χ0) is 10.7. The Kier molecular flexibility index (Phi) is 3.21. The summed E-state index contributed by atoms with van der Waals surface area (Å²) in [7, 11) is 1.76. The van der Waals surface area contributed by atoms with Crippen molar-refractivity contribution in [3.63, 3.8) is 0 Å². The van der Waals surface area contributed by atoms with Gasteiger partial charge >= 0.3 is 0 Å². The van der Waals surface area contributed by atoms with Crippen molar-refractivity contribution >= 4 is 5.69 Å². The van der Waals surface area contributed by atoms with Crippen LogP contribution in [0.1, 0.15) is 18.4 Å². The van der Waals surface area contributed by atoms with Gasteiger partial charge in [0.05, 0.1) is 18.3 Å². The first-order valence-corrected chi connectivity index (χ1v) is 5.46. The average Bonchev–Trinajstić information content (AvgIpc) is 3.00. The number of nitrogens with one attached hydrogen (secondary N) is 1. The first-order chi connectivity index (χ1) is 7.29. The lowest BCUT2D eigenvalue weighted by atomic mass is 10.2. The molecule has 1 aromatic rings. The van der Waals surface area contributed by atoms with E-state index < -0.39 is 0 Å². The predicted molar refractivity (Wildman–Crippen MR) is 61.0 cm³/mol. The standard InChI is InChI=1S/C12H18N2O/c1-9-5-11(7-13-6-9)14-12(8-15-2)10-3-4-10/h5-7,10,12,14H,3-4,8H2,1-2H3. The maximum Gasteiger partial charge on any atom is 0.0666 e. The summed E-state index contributed by atoms with van der Waals surface area (Å²) in [6.07, 6.45) is 6.38. The molecule has 0 aliphatic heterocycles. The minimum absolute atomic E-state index is 0.443. The highest BCUT2D eigenvalue weighted by atomic mass is 16.5. The van der Waals surface area contributed by atoms with Crippen molar-refractivity contribution in [3.05, 3.63) is 24.0 Å². The lowest BCUT2D eigenvalue weighted by Gasteiger charge is -2.18. The van der Waals surface area contributed by atoms with Crippen LogP contribution < -0.4 is 5.32 Å². The van der Waals surface area contributed by atoms with Crippen LogP contribution in [0.15, 0.2) is 18.5 Å². The summed E-state index contributed by atoms with van der Waals surface area (Å²) in [4.78, 5) is 4.17. The zero-order valence-electron chi connectivity index (χ0n) is 9.36. The molecule has 3 nitrogen and oxygen atoms in total. The van der Waals surface area contributed by atoms with Crippen LogP contribution in [0.4, 0.5) is 5.69 Å². The van der Waals surface area contributed by atoms with Crippen molar-refractivity contribution in [2.75, 3.05) is 19.0 Å². The van der Waals surface area contributed by atoms with Crippen LogP contribution in [-0.4, -0.2) is 24.7 Å². The number of anilines is 1. The van der Waals surface area contributed by atoms with Crippen LogP contribution in [0.25, 0.3) is 0 Å². The molecule has 1 unspecified atom stereocenters. The highest BCUT2D eigenvalue weighted by Gasteiger charge is 2.31. The molecular formula is C12H18N2O. The van der Waals surface area contributed by atoms with Crippen molar-refractivity contribution in [3.8, 4) is 0 Å². The molecule has 0 saturated heterocycles. The van der Waals surface area contributed by atoms with Crippen molar-refractivity contribution in [2.45, 2.75) is 25.8 Å². The molecule has 0 spiro atoms. The van der Waals surface area contributed by atoms with Crippen LogP contribution in [0.2, 0.25) is 0 Å². The lowest BCUT2D eigenvalue weighted by Crippen LogP contribution is -2.27. The third-order valence-corrected chi connectivity index (χ3v) is 2.76. The summed E-state index contributed by atoms with van der Waals surface area (Å²) in [5.74, 6) is 0.783. The van der Waals surface area contributed by atoms with Crippen molar-refractivity contribution in [1.82, 2.24) is 4.98 Å². The summed E-state index contributed by atoms with van der Waals surface area (Å²) in [5.41, 5.74) is 2.29. The van der Waals surface area contributed by atoms with E-state index in [2.05, 4.69) is 23.3 Å². The highest BCUT2D eigenvalue weighted by Crippen LogP contribution is 2.34. The Morgan fingerprint density at radius 1 is 1.53 bits per heavy atom. The molecule has 0 amide bonds. The third-order valence-electron chi connectivity index (χ3n) is 2.76. The molecule has 0 radical (unpaired) electrons. The van der Waals surface area contributed by atoms with E-state index in [0.717, 1.165) is 18.2 Å². The quantitative estimate of drug-likeness (QED) is 0.802. The summed E-state index contributed by atoms with van der Waals surface area (Å²) in [6, 6.07) is 2.57. The van der Waals surface area contributed by atoms with Gasteiger partial charge in [-0.2, -0.15) is 0 Å². The molecule has 0 bridgehead atoms. The van der Waals surface area contributed by atoms with Gasteiger partial charge in [0.15, 0.2) is 0 Å². The fourth-order valence-electron chi connectivity index (χ4n) is 1.82. The second kappa shape index (κ2) is 4.62. The minimum Gasteiger partial charge on any atom is -0.383 e. The minimum atomic E-state index is 0.443. The van der Waals surface area contributed by atoms with E-state index in [9.17, 15) is 0 Å². The van der Waals surface area contributed by atoms with E-state index in [4.69, 9.17) is 4.74 Å². The fraction of sp³-hybridized carbons (Fsp3) is 0.583. The molecule has 82 valence electrons. The Labute approximate surface area is 90.9 Å². The molecule has 1 aliphatic carbocycles. The van der Waals surface area contributed by atoms with Gasteiger partial charge in [0, 0.05) is 19.5 Å². The molecule has 1 atom stereocenters. The van der Waals surface area contributed by atoms with Gasteiger partial charge in [-0.25, -0.2) is 0 Å². The maximum absolute atomic E-state index is 5.22. The molecule has 1 aliphatic rings. The molecule has 1 heterocycles. The topological polar surface area (TPSA) is 34.1 Å². The molecule has 1 fully saturated rings. The van der Waals surface area contributed by atoms with Crippen LogP contribution in [0.3, 0.4) is 0 Å². The number of hydrogen-bond donors (Lipinski definition) is 1. The second-order valence-corrected chi connectivity index (χ2v) is 4.29. The maximum atomic E-state index is 5.22. The van der Waals surface area contributed by atoms with E-state index in [1.807, 2.05) is 12.4 Å². The van der Waals surface area contributed by atoms with Gasteiger partial charge in [-0.15, -0.1) is 0 Å². The monoisotopic (exact) mass is 206 g/mol. The van der Waals surface area contributed by atoms with Gasteiger partial charge in [-0.1, -0.05) is 0 Å². The Hall–Kier alpha value is -1.09. The smallest absolute Gasteiger partial charge is 0.0666 e. The third kappa shape index (κ3) is 2.93. The number of methoxy groups -OCH3 is 1. The van der Waals surface area contributed by atoms with E-state index in [-0.39, 0.29) is 0 Å². The number of rotatable bonds is 5. The van der Waals surface area contributed by atoms with E-state index in [1.54, 1.807) is 7.11 Å². The van der Waals surface area contributed by atoms with Gasteiger partial charge in [0.1, 0.15) is 0 Å². The average molecular weight is 206 g/mol. The molecule has 1 saturated carbocycles. The fourth-order valence-corrected chi connectivity index (χ4v) is 1.82. The molecule has 0 aromatic carbocycles. The molecule has 15 heavy (non-hydrogen) atoms. The normalized spacial score (nSPS) is 17.5. The first-order valence-electron chi connectivity index (χ1n) is 5.46. The van der Waals surface area contributed by atoms with Gasteiger partial charge < -0.3 is 10.1 Å². The van der Waals surface area contributed by atoms with E-state index in [0.29, 0.717) is 6.04 Å². The van der Waals surface area contributed by atoms with E-state index >= 15 is 0 Å². The Balaban J connectivity index is 1.98. The number of hydrogen-bond acceptors (Lipinski definition) is 3. The van der Waals surface area contributed by atoms with Crippen molar-refractivity contribution < 1.29 is 4.74 Å². The summed E-state index contributed by atoms with van der Waals surface area (Å²) in [6.45, 7) is 2.83. The van der Waals surface area contributed by atoms with Crippen LogP contribution >= 0.6 is 0 Å². The van der Waals surface area contributed by atoms with Gasteiger partial charge in [-0.3, -0.25) is 4.98 Å². The van der Waals surface area contributed by atoms with Crippen LogP contribution in [0.5, 0.6) is 0 Å². The van der Waals surface area contributed by atoms with Crippen molar-refractivity contribution in [2.24, 2.45) is 5.92 Å². The largest absolute Gasteiger partial charge is 0.383 e. The Bertz CT molecular complexity index is 323. The SMILES string of the molecule is COCC(Nc1cncc(C)c1)C1CC1. The number of aryl methyl sites for hydroxylation is 1. The second-order valence-electron chi connectivity index (χ2n) is 4.29. The predicted octanol–water partition coefficient (Wildman–Crippen LogP) is 2.23. The molecule has 1 N–H and O–H groups in total. The number of ether oxygens (including phenoxy) is 1. The van der Waals surface area contributed by atoms with Crippen LogP contribution in [0, 0.1) is 12.8 Å². The van der Waals surface area contributed by atoms with E-state index in [1.165, 1.54) is 18.4 Å². The number of nitrogens with zero attached hydrogens (tertiary/aromatic N) is 1. The van der Waals surface area contributed by atoms with Crippen LogP contribution in [-0.2, 0) is 4.74 Å². The van der Waals surface area contributed by atoms with Gasteiger partial charge in [-0.05, 0) is 37.3 Å². The summed E-state index contributed by atoms with van der Waals surface area (Å²) < 4.78 is 5.22. The molecular weight excluding hydrogens is 188 g/mol. The lowest BCUT2D eigenvalue weighted by molar-refractivity contribution is 0.179. The molecule has 3 heteroatoms.